The summed E-state index contributed by atoms with van der Waals surface area (Å²) in [5.41, 5.74) is 7.74. The van der Waals surface area contributed by atoms with Gasteiger partial charge in [-0.2, -0.15) is 0 Å². The third-order valence-corrected chi connectivity index (χ3v) is 6.86. The average molecular weight is 449 g/mol. The standard InChI is InChI=1S/C29H40N2O2/c1-5-30(16-18-32)25-12-14-27(22(3)20-25)29(24-10-8-7-9-11-24)28-15-13-26(21-23(28)4)31(6-2)17-19-33/h7-12,14-15,20-21,26,29,32-33H,5-6,13,16-19H2,1-4H3. The van der Waals surface area contributed by atoms with Crippen molar-refractivity contribution in [2.24, 2.45) is 0 Å². The van der Waals surface area contributed by atoms with Crippen LogP contribution in [0.25, 0.3) is 0 Å². The van der Waals surface area contributed by atoms with E-state index in [1.807, 2.05) is 0 Å². The molecule has 0 heterocycles. The summed E-state index contributed by atoms with van der Waals surface area (Å²) in [6, 6.07) is 17.8. The molecule has 2 N–H and O–H groups in total. The first-order chi connectivity index (χ1) is 16.0. The number of hydrogen-bond acceptors (Lipinski definition) is 4. The van der Waals surface area contributed by atoms with E-state index in [1.54, 1.807) is 0 Å². The lowest BCUT2D eigenvalue weighted by molar-refractivity contribution is 0.176. The van der Waals surface area contributed by atoms with E-state index < -0.39 is 0 Å². The van der Waals surface area contributed by atoms with Crippen LogP contribution in [0.4, 0.5) is 5.69 Å². The molecular weight excluding hydrogens is 408 g/mol. The largest absolute Gasteiger partial charge is 0.395 e. The highest BCUT2D eigenvalue weighted by atomic mass is 16.3. The third-order valence-electron chi connectivity index (χ3n) is 6.86. The smallest absolute Gasteiger partial charge is 0.0606 e. The van der Waals surface area contributed by atoms with Crippen LogP contribution in [0.15, 0.2) is 71.8 Å². The van der Waals surface area contributed by atoms with Gasteiger partial charge in [0.05, 0.1) is 13.2 Å². The molecule has 4 heteroatoms. The number of nitrogens with zero attached hydrogens (tertiary/aromatic N) is 2. The van der Waals surface area contributed by atoms with Gasteiger partial charge in [0.25, 0.3) is 0 Å². The lowest BCUT2D eigenvalue weighted by atomic mass is 9.77. The van der Waals surface area contributed by atoms with Crippen LogP contribution in [0, 0.1) is 6.92 Å². The van der Waals surface area contributed by atoms with E-state index in [1.165, 1.54) is 27.8 Å². The van der Waals surface area contributed by atoms with Crippen LogP contribution in [0.3, 0.4) is 0 Å². The molecule has 0 saturated carbocycles. The number of allylic oxidation sites excluding steroid dienone is 2. The van der Waals surface area contributed by atoms with Gasteiger partial charge in [0.2, 0.25) is 0 Å². The Morgan fingerprint density at radius 3 is 2.24 bits per heavy atom. The maximum Gasteiger partial charge on any atom is 0.0606 e. The molecular formula is C29H40N2O2. The second-order valence-electron chi connectivity index (χ2n) is 8.85. The minimum absolute atomic E-state index is 0.157. The highest BCUT2D eigenvalue weighted by molar-refractivity contribution is 5.57. The molecule has 0 amide bonds. The summed E-state index contributed by atoms with van der Waals surface area (Å²) in [7, 11) is 0. The Morgan fingerprint density at radius 1 is 0.939 bits per heavy atom. The highest BCUT2D eigenvalue weighted by Crippen LogP contribution is 2.40. The number of aliphatic hydroxyl groups excluding tert-OH is 2. The fourth-order valence-corrected chi connectivity index (χ4v) is 5.09. The first-order valence-electron chi connectivity index (χ1n) is 12.3. The number of likely N-dealkylation sites (N-methyl/N-ethyl adjacent to an activating group) is 2. The summed E-state index contributed by atoms with van der Waals surface area (Å²) in [4.78, 5) is 4.55. The Hall–Kier alpha value is -2.40. The topological polar surface area (TPSA) is 46.9 Å². The van der Waals surface area contributed by atoms with Gasteiger partial charge >= 0.3 is 0 Å². The van der Waals surface area contributed by atoms with Gasteiger partial charge in [-0.15, -0.1) is 0 Å². The first kappa shape index (κ1) is 25.2. The second-order valence-corrected chi connectivity index (χ2v) is 8.85. The lowest BCUT2D eigenvalue weighted by Gasteiger charge is -2.33. The molecule has 178 valence electrons. The predicted molar refractivity (Wildman–Crippen MR) is 139 cm³/mol. The summed E-state index contributed by atoms with van der Waals surface area (Å²) < 4.78 is 0. The lowest BCUT2D eigenvalue weighted by Crippen LogP contribution is -2.37. The molecule has 0 fully saturated rings. The first-order valence-corrected chi connectivity index (χ1v) is 12.3. The quantitative estimate of drug-likeness (QED) is 0.513. The second kappa shape index (κ2) is 12.2. The van der Waals surface area contributed by atoms with Crippen LogP contribution < -0.4 is 4.90 Å². The molecule has 2 aromatic carbocycles. The number of anilines is 1. The van der Waals surface area contributed by atoms with E-state index in [4.69, 9.17) is 0 Å². The number of benzene rings is 2. The zero-order valence-electron chi connectivity index (χ0n) is 20.7. The Labute approximate surface area is 199 Å². The van der Waals surface area contributed by atoms with E-state index >= 15 is 0 Å². The Kier molecular flexibility index (Phi) is 9.30. The zero-order valence-corrected chi connectivity index (χ0v) is 20.7. The molecule has 2 unspecified atom stereocenters. The molecule has 0 bridgehead atoms. The predicted octanol–water partition coefficient (Wildman–Crippen LogP) is 4.90. The Morgan fingerprint density at radius 2 is 1.67 bits per heavy atom. The van der Waals surface area contributed by atoms with Crippen molar-refractivity contribution in [1.82, 2.24) is 4.90 Å². The van der Waals surface area contributed by atoms with Gasteiger partial charge in [0.1, 0.15) is 0 Å². The summed E-state index contributed by atoms with van der Waals surface area (Å²) in [6.45, 7) is 12.2. The SMILES string of the molecule is CCN(CCO)c1ccc(C(C2=CCC(N(CC)CCO)C=C2C)c2ccccc2)c(C)c1. The van der Waals surface area contributed by atoms with Gasteiger partial charge in [-0.05, 0) is 73.7 Å². The maximum absolute atomic E-state index is 9.45. The molecule has 1 aliphatic carbocycles. The zero-order chi connectivity index (χ0) is 23.8. The van der Waals surface area contributed by atoms with E-state index in [2.05, 4.69) is 98.2 Å². The highest BCUT2D eigenvalue weighted by Gasteiger charge is 2.26. The van der Waals surface area contributed by atoms with Crippen LogP contribution in [0.2, 0.25) is 0 Å². The maximum atomic E-state index is 9.45. The third kappa shape index (κ3) is 5.94. The number of hydrogen-bond donors (Lipinski definition) is 2. The number of aliphatic hydroxyl groups is 2. The van der Waals surface area contributed by atoms with E-state index in [-0.39, 0.29) is 19.1 Å². The summed E-state index contributed by atoms with van der Waals surface area (Å²) in [5.74, 6) is 0.179. The van der Waals surface area contributed by atoms with E-state index in [0.29, 0.717) is 19.1 Å². The van der Waals surface area contributed by atoms with Crippen molar-refractivity contribution in [3.8, 4) is 0 Å². The van der Waals surface area contributed by atoms with Crippen LogP contribution in [0.1, 0.15) is 49.8 Å². The normalized spacial score (nSPS) is 17.0. The van der Waals surface area contributed by atoms with Crippen molar-refractivity contribution in [3.63, 3.8) is 0 Å². The van der Waals surface area contributed by atoms with Crippen molar-refractivity contribution < 1.29 is 10.2 Å². The van der Waals surface area contributed by atoms with Gasteiger partial charge < -0.3 is 15.1 Å². The number of aryl methyl sites for hydroxylation is 1. The molecule has 2 atom stereocenters. The molecule has 0 aromatic heterocycles. The van der Waals surface area contributed by atoms with E-state index in [9.17, 15) is 10.2 Å². The summed E-state index contributed by atoms with van der Waals surface area (Å²) in [6.07, 6.45) is 5.75. The summed E-state index contributed by atoms with van der Waals surface area (Å²) in [5, 5.41) is 18.9. The van der Waals surface area contributed by atoms with Crippen LogP contribution in [-0.4, -0.2) is 60.5 Å². The molecule has 3 rings (SSSR count). The van der Waals surface area contributed by atoms with Gasteiger partial charge in [0.15, 0.2) is 0 Å². The molecule has 2 aromatic rings. The van der Waals surface area contributed by atoms with Crippen molar-refractivity contribution >= 4 is 5.69 Å². The molecule has 0 radical (unpaired) electrons. The van der Waals surface area contributed by atoms with Crippen LogP contribution in [0.5, 0.6) is 0 Å². The fraction of sp³-hybridized carbons (Fsp3) is 0.448. The monoisotopic (exact) mass is 448 g/mol. The van der Waals surface area contributed by atoms with Crippen molar-refractivity contribution in [3.05, 3.63) is 88.5 Å². The molecule has 0 aliphatic heterocycles. The van der Waals surface area contributed by atoms with Crippen molar-refractivity contribution in [2.45, 2.75) is 46.1 Å². The molecule has 1 aliphatic rings. The molecule has 33 heavy (non-hydrogen) atoms. The minimum atomic E-state index is 0.157. The Balaban J connectivity index is 2.00. The van der Waals surface area contributed by atoms with Crippen molar-refractivity contribution in [1.29, 1.82) is 0 Å². The van der Waals surface area contributed by atoms with Gasteiger partial charge in [-0.25, -0.2) is 0 Å². The molecule has 4 nitrogen and oxygen atoms in total. The van der Waals surface area contributed by atoms with Crippen LogP contribution >= 0.6 is 0 Å². The Bertz CT molecular complexity index is 951. The molecule has 0 spiro atoms. The average Bonchev–Trinajstić information content (AvgIpc) is 2.83. The van der Waals surface area contributed by atoms with Gasteiger partial charge in [-0.3, -0.25) is 4.90 Å². The number of rotatable bonds is 11. The van der Waals surface area contributed by atoms with E-state index in [0.717, 1.165) is 25.2 Å². The minimum Gasteiger partial charge on any atom is -0.395 e. The molecule has 0 saturated heterocycles. The van der Waals surface area contributed by atoms with Crippen molar-refractivity contribution in [2.75, 3.05) is 44.3 Å². The van der Waals surface area contributed by atoms with Crippen LogP contribution in [-0.2, 0) is 0 Å². The van der Waals surface area contributed by atoms with Gasteiger partial charge in [0, 0.05) is 37.3 Å². The van der Waals surface area contributed by atoms with Gasteiger partial charge in [-0.1, -0.05) is 55.5 Å². The summed E-state index contributed by atoms with van der Waals surface area (Å²) >= 11 is 0. The fourth-order valence-electron chi connectivity index (χ4n) is 5.09.